The van der Waals surface area contributed by atoms with E-state index in [2.05, 4.69) is 15.5 Å². The van der Waals surface area contributed by atoms with Crippen LogP contribution in [0.2, 0.25) is 0 Å². The number of benzene rings is 2. The van der Waals surface area contributed by atoms with Gasteiger partial charge >= 0.3 is 0 Å². The molecule has 0 aliphatic rings. The Morgan fingerprint density at radius 1 is 0.917 bits per heavy atom. The van der Waals surface area contributed by atoms with Crippen LogP contribution in [0.1, 0.15) is 5.56 Å². The fourth-order valence-electron chi connectivity index (χ4n) is 2.33. The number of nitrogens with zero attached hydrogens (tertiary/aromatic N) is 2. The first-order chi connectivity index (χ1) is 11.7. The van der Waals surface area contributed by atoms with Crippen LogP contribution in [0.25, 0.3) is 11.3 Å². The lowest BCUT2D eigenvalue weighted by atomic mass is 10.1. The molecule has 0 amide bonds. The Kier molecular flexibility index (Phi) is 5.01. The van der Waals surface area contributed by atoms with Crippen molar-refractivity contribution in [1.29, 1.82) is 0 Å². The predicted molar refractivity (Wildman–Crippen MR) is 92.6 cm³/mol. The molecule has 0 fully saturated rings. The second-order valence-corrected chi connectivity index (χ2v) is 5.34. The third-order valence-corrected chi connectivity index (χ3v) is 3.68. The number of ether oxygens (including phenoxy) is 1. The fourth-order valence-corrected chi connectivity index (χ4v) is 2.33. The SMILES string of the molecule is COc1ccc(CCNc2ccc(-c3ccc(F)cc3)nn2)cc1. The van der Waals surface area contributed by atoms with E-state index < -0.39 is 0 Å². The number of aromatic nitrogens is 2. The van der Waals surface area contributed by atoms with E-state index >= 15 is 0 Å². The molecule has 122 valence electrons. The van der Waals surface area contributed by atoms with Crippen molar-refractivity contribution < 1.29 is 9.13 Å². The molecule has 3 rings (SSSR count). The minimum atomic E-state index is -0.261. The summed E-state index contributed by atoms with van der Waals surface area (Å²) < 4.78 is 18.1. The standard InChI is InChI=1S/C19H18FN3O/c1-24-17-8-2-14(3-9-17)12-13-21-19-11-10-18(22-23-19)15-4-6-16(20)7-5-15/h2-11H,12-13H2,1H3,(H,21,23). The van der Waals surface area contributed by atoms with E-state index in [1.165, 1.54) is 17.7 Å². The van der Waals surface area contributed by atoms with Gasteiger partial charge < -0.3 is 10.1 Å². The topological polar surface area (TPSA) is 47.0 Å². The molecule has 0 unspecified atom stereocenters. The Labute approximate surface area is 140 Å². The van der Waals surface area contributed by atoms with Gasteiger partial charge in [0.1, 0.15) is 17.4 Å². The number of hydrogen-bond acceptors (Lipinski definition) is 4. The lowest BCUT2D eigenvalue weighted by Crippen LogP contribution is -2.07. The molecule has 2 aromatic carbocycles. The fraction of sp³-hybridized carbons (Fsp3) is 0.158. The highest BCUT2D eigenvalue weighted by Gasteiger charge is 2.02. The van der Waals surface area contributed by atoms with Gasteiger partial charge in [0.25, 0.3) is 0 Å². The first kappa shape index (κ1) is 15.9. The summed E-state index contributed by atoms with van der Waals surface area (Å²) in [4.78, 5) is 0. The van der Waals surface area contributed by atoms with E-state index in [9.17, 15) is 4.39 Å². The Hall–Kier alpha value is -2.95. The zero-order chi connectivity index (χ0) is 16.8. The van der Waals surface area contributed by atoms with Crippen molar-refractivity contribution in [3.8, 4) is 17.0 Å². The molecular weight excluding hydrogens is 305 g/mol. The summed E-state index contributed by atoms with van der Waals surface area (Å²) in [5.41, 5.74) is 2.78. The van der Waals surface area contributed by atoms with Gasteiger partial charge in [-0.05, 0) is 60.5 Å². The van der Waals surface area contributed by atoms with Crippen molar-refractivity contribution in [3.63, 3.8) is 0 Å². The monoisotopic (exact) mass is 323 g/mol. The maximum Gasteiger partial charge on any atom is 0.148 e. The number of halogens is 1. The molecule has 0 spiro atoms. The molecule has 4 nitrogen and oxygen atoms in total. The minimum Gasteiger partial charge on any atom is -0.497 e. The van der Waals surface area contributed by atoms with E-state index in [1.807, 2.05) is 36.4 Å². The maximum atomic E-state index is 12.9. The van der Waals surface area contributed by atoms with Crippen molar-refractivity contribution in [1.82, 2.24) is 10.2 Å². The van der Waals surface area contributed by atoms with E-state index in [4.69, 9.17) is 4.74 Å². The van der Waals surface area contributed by atoms with Gasteiger partial charge in [-0.2, -0.15) is 0 Å². The summed E-state index contributed by atoms with van der Waals surface area (Å²) in [6, 6.07) is 17.9. The normalized spacial score (nSPS) is 10.4. The van der Waals surface area contributed by atoms with Crippen molar-refractivity contribution in [2.75, 3.05) is 19.0 Å². The van der Waals surface area contributed by atoms with Crippen LogP contribution in [-0.2, 0) is 6.42 Å². The van der Waals surface area contributed by atoms with Crippen LogP contribution < -0.4 is 10.1 Å². The molecule has 0 bridgehead atoms. The molecule has 0 atom stereocenters. The van der Waals surface area contributed by atoms with Crippen LogP contribution in [0.5, 0.6) is 5.75 Å². The second-order valence-electron chi connectivity index (χ2n) is 5.34. The average molecular weight is 323 g/mol. The summed E-state index contributed by atoms with van der Waals surface area (Å²) in [5, 5.41) is 11.6. The van der Waals surface area contributed by atoms with Crippen LogP contribution in [-0.4, -0.2) is 23.9 Å². The van der Waals surface area contributed by atoms with Crippen molar-refractivity contribution in [3.05, 3.63) is 72.0 Å². The van der Waals surface area contributed by atoms with Crippen LogP contribution in [0, 0.1) is 5.82 Å². The van der Waals surface area contributed by atoms with Crippen molar-refractivity contribution in [2.24, 2.45) is 0 Å². The van der Waals surface area contributed by atoms with Gasteiger partial charge in [-0.15, -0.1) is 10.2 Å². The first-order valence-electron chi connectivity index (χ1n) is 7.71. The van der Waals surface area contributed by atoms with E-state index in [0.717, 1.165) is 35.8 Å². The Balaban J connectivity index is 1.55. The number of anilines is 1. The van der Waals surface area contributed by atoms with E-state index in [0.29, 0.717) is 0 Å². The van der Waals surface area contributed by atoms with E-state index in [1.54, 1.807) is 19.2 Å². The second kappa shape index (κ2) is 7.55. The van der Waals surface area contributed by atoms with Gasteiger partial charge in [0, 0.05) is 12.1 Å². The molecule has 1 aromatic heterocycles. The molecule has 1 heterocycles. The van der Waals surface area contributed by atoms with Crippen LogP contribution in [0.3, 0.4) is 0 Å². The van der Waals surface area contributed by atoms with Gasteiger partial charge in [0.05, 0.1) is 12.8 Å². The zero-order valence-corrected chi connectivity index (χ0v) is 13.4. The number of rotatable bonds is 6. The number of methoxy groups -OCH3 is 1. The smallest absolute Gasteiger partial charge is 0.148 e. The highest BCUT2D eigenvalue weighted by Crippen LogP contribution is 2.17. The lowest BCUT2D eigenvalue weighted by molar-refractivity contribution is 0.414. The van der Waals surface area contributed by atoms with Crippen LogP contribution in [0.4, 0.5) is 10.2 Å². The van der Waals surface area contributed by atoms with Crippen LogP contribution in [0.15, 0.2) is 60.7 Å². The maximum absolute atomic E-state index is 12.9. The van der Waals surface area contributed by atoms with Crippen LogP contribution >= 0.6 is 0 Å². The number of nitrogens with one attached hydrogen (secondary N) is 1. The van der Waals surface area contributed by atoms with Gasteiger partial charge in [0.2, 0.25) is 0 Å². The summed E-state index contributed by atoms with van der Waals surface area (Å²) in [7, 11) is 1.66. The molecule has 3 aromatic rings. The molecular formula is C19H18FN3O. The van der Waals surface area contributed by atoms with E-state index in [-0.39, 0.29) is 5.82 Å². The predicted octanol–water partition coefficient (Wildman–Crippen LogP) is 3.95. The first-order valence-corrected chi connectivity index (χ1v) is 7.71. The third kappa shape index (κ3) is 4.07. The van der Waals surface area contributed by atoms with Gasteiger partial charge in [-0.3, -0.25) is 0 Å². The quantitative estimate of drug-likeness (QED) is 0.746. The molecule has 0 radical (unpaired) electrons. The molecule has 0 aliphatic carbocycles. The molecule has 5 heteroatoms. The Morgan fingerprint density at radius 2 is 1.67 bits per heavy atom. The Bertz CT molecular complexity index is 771. The third-order valence-electron chi connectivity index (χ3n) is 3.68. The lowest BCUT2D eigenvalue weighted by Gasteiger charge is -2.07. The van der Waals surface area contributed by atoms with Crippen molar-refractivity contribution >= 4 is 5.82 Å². The van der Waals surface area contributed by atoms with Gasteiger partial charge in [-0.25, -0.2) is 4.39 Å². The highest BCUT2D eigenvalue weighted by molar-refractivity contribution is 5.59. The summed E-state index contributed by atoms with van der Waals surface area (Å²) >= 11 is 0. The molecule has 0 saturated carbocycles. The summed E-state index contributed by atoms with van der Waals surface area (Å²) in [5.74, 6) is 1.31. The van der Waals surface area contributed by atoms with Gasteiger partial charge in [-0.1, -0.05) is 12.1 Å². The Morgan fingerprint density at radius 3 is 2.29 bits per heavy atom. The molecule has 0 aliphatic heterocycles. The zero-order valence-electron chi connectivity index (χ0n) is 13.4. The molecule has 24 heavy (non-hydrogen) atoms. The van der Waals surface area contributed by atoms with Crippen molar-refractivity contribution in [2.45, 2.75) is 6.42 Å². The minimum absolute atomic E-state index is 0.261. The van der Waals surface area contributed by atoms with Gasteiger partial charge in [0.15, 0.2) is 0 Å². The summed E-state index contributed by atoms with van der Waals surface area (Å²) in [6.07, 6.45) is 0.880. The molecule has 1 N–H and O–H groups in total. The highest BCUT2D eigenvalue weighted by atomic mass is 19.1. The number of hydrogen-bond donors (Lipinski definition) is 1. The molecule has 0 saturated heterocycles. The largest absolute Gasteiger partial charge is 0.497 e. The average Bonchev–Trinajstić information content (AvgIpc) is 2.64. The summed E-state index contributed by atoms with van der Waals surface area (Å²) in [6.45, 7) is 0.761.